The van der Waals surface area contributed by atoms with Crippen LogP contribution in [0.2, 0.25) is 0 Å². The molecular formula is C7H9NO2S2. The first-order valence-corrected chi connectivity index (χ1v) is 5.69. The van der Waals surface area contributed by atoms with Crippen LogP contribution in [0.4, 0.5) is 5.69 Å². The minimum absolute atomic E-state index is 0.137. The maximum atomic E-state index is 11.1. The SMILES string of the molecule is Cc1ccc(N)c(S(=O)(O)=S)c1. The Balaban J connectivity index is 3.43. The van der Waals surface area contributed by atoms with Gasteiger partial charge in [0.25, 0.3) is 0 Å². The highest BCUT2D eigenvalue weighted by atomic mass is 32.8. The van der Waals surface area contributed by atoms with Crippen LogP contribution in [0.25, 0.3) is 0 Å². The van der Waals surface area contributed by atoms with Gasteiger partial charge in [0.15, 0.2) is 8.77 Å². The first-order chi connectivity index (χ1) is 5.41. The zero-order valence-corrected chi connectivity index (χ0v) is 8.11. The molecule has 5 heteroatoms. The third kappa shape index (κ3) is 1.94. The Morgan fingerprint density at radius 2 is 2.17 bits per heavy atom. The van der Waals surface area contributed by atoms with Crippen molar-refractivity contribution in [2.45, 2.75) is 11.8 Å². The second-order valence-corrected chi connectivity index (χ2v) is 5.26. The monoisotopic (exact) mass is 203 g/mol. The highest BCUT2D eigenvalue weighted by molar-refractivity contribution is 8.29. The molecule has 66 valence electrons. The van der Waals surface area contributed by atoms with Crippen LogP contribution < -0.4 is 5.73 Å². The maximum Gasteiger partial charge on any atom is 0.173 e. The van der Waals surface area contributed by atoms with Crippen LogP contribution in [0.3, 0.4) is 0 Å². The molecule has 0 saturated carbocycles. The van der Waals surface area contributed by atoms with E-state index in [0.29, 0.717) is 0 Å². The van der Waals surface area contributed by atoms with Crippen molar-refractivity contribution in [3.63, 3.8) is 0 Å². The molecule has 0 fully saturated rings. The Kier molecular flexibility index (Phi) is 2.36. The number of rotatable bonds is 1. The molecule has 1 aromatic rings. The van der Waals surface area contributed by atoms with Crippen molar-refractivity contribution >= 4 is 25.6 Å². The number of nitrogen functional groups attached to an aromatic ring is 1. The molecular weight excluding hydrogens is 194 g/mol. The zero-order valence-electron chi connectivity index (χ0n) is 6.48. The molecule has 0 aliphatic carbocycles. The third-order valence-electron chi connectivity index (χ3n) is 1.45. The topological polar surface area (TPSA) is 63.3 Å². The summed E-state index contributed by atoms with van der Waals surface area (Å²) in [6.45, 7) is 1.81. The first-order valence-electron chi connectivity index (χ1n) is 3.25. The van der Waals surface area contributed by atoms with Gasteiger partial charge in [0, 0.05) is 11.2 Å². The van der Waals surface area contributed by atoms with Crippen molar-refractivity contribution in [1.82, 2.24) is 0 Å². The van der Waals surface area contributed by atoms with Crippen LogP contribution in [0.1, 0.15) is 5.56 Å². The molecule has 0 radical (unpaired) electrons. The summed E-state index contributed by atoms with van der Waals surface area (Å²) < 4.78 is 20.1. The number of benzene rings is 1. The molecule has 0 amide bonds. The first kappa shape index (κ1) is 9.44. The standard InChI is InChI=1S/C7H9NO2S2/c1-5-2-3-6(8)7(4-5)12(9,10)11/h2-4H,8H2,1H3,(H,9,10,11). The number of hydrogen-bond donors (Lipinski definition) is 2. The van der Waals surface area contributed by atoms with Gasteiger partial charge in [-0.05, 0) is 24.6 Å². The van der Waals surface area contributed by atoms with Crippen LogP contribution >= 0.6 is 0 Å². The smallest absolute Gasteiger partial charge is 0.173 e. The van der Waals surface area contributed by atoms with Gasteiger partial charge in [0.2, 0.25) is 0 Å². The van der Waals surface area contributed by atoms with Gasteiger partial charge in [0.05, 0.1) is 10.6 Å². The third-order valence-corrected chi connectivity index (χ3v) is 2.90. The van der Waals surface area contributed by atoms with Gasteiger partial charge in [-0.3, -0.25) is 0 Å². The fourth-order valence-corrected chi connectivity index (χ4v) is 2.00. The van der Waals surface area contributed by atoms with Gasteiger partial charge in [-0.15, -0.1) is 0 Å². The Labute approximate surface area is 76.1 Å². The summed E-state index contributed by atoms with van der Waals surface area (Å²) in [6.07, 6.45) is 0. The summed E-state index contributed by atoms with van der Waals surface area (Å²) in [5, 5.41) is 0. The summed E-state index contributed by atoms with van der Waals surface area (Å²) in [5.74, 6) is 0. The van der Waals surface area contributed by atoms with Crippen LogP contribution in [0, 0.1) is 6.92 Å². The summed E-state index contributed by atoms with van der Waals surface area (Å²) in [4.78, 5) is 0.137. The highest BCUT2D eigenvalue weighted by Crippen LogP contribution is 2.19. The van der Waals surface area contributed by atoms with Crippen molar-refractivity contribution in [2.75, 3.05) is 5.73 Å². The molecule has 1 atom stereocenters. The number of aryl methyl sites for hydroxylation is 1. The van der Waals surface area contributed by atoms with Crippen molar-refractivity contribution < 1.29 is 8.76 Å². The van der Waals surface area contributed by atoms with Crippen molar-refractivity contribution in [3.05, 3.63) is 23.8 Å². The molecule has 0 aliphatic heterocycles. The normalized spacial score (nSPS) is 15.5. The van der Waals surface area contributed by atoms with E-state index in [9.17, 15) is 4.21 Å². The van der Waals surface area contributed by atoms with E-state index in [0.717, 1.165) is 5.56 Å². The zero-order chi connectivity index (χ0) is 9.35. The number of anilines is 1. The molecule has 0 bridgehead atoms. The molecule has 3 nitrogen and oxygen atoms in total. The van der Waals surface area contributed by atoms with E-state index in [1.165, 1.54) is 6.07 Å². The summed E-state index contributed by atoms with van der Waals surface area (Å²) >= 11 is 4.40. The molecule has 1 unspecified atom stereocenters. The molecule has 1 rings (SSSR count). The molecule has 0 saturated heterocycles. The summed E-state index contributed by atoms with van der Waals surface area (Å²) in [6, 6.07) is 4.87. The largest absolute Gasteiger partial charge is 0.398 e. The van der Waals surface area contributed by atoms with Crippen molar-refractivity contribution in [3.8, 4) is 0 Å². The lowest BCUT2D eigenvalue weighted by Crippen LogP contribution is -2.01. The summed E-state index contributed by atoms with van der Waals surface area (Å²) in [5.41, 5.74) is 6.60. The lowest BCUT2D eigenvalue weighted by Gasteiger charge is -2.04. The van der Waals surface area contributed by atoms with E-state index >= 15 is 0 Å². The Morgan fingerprint density at radius 1 is 1.58 bits per heavy atom. The molecule has 0 heterocycles. The van der Waals surface area contributed by atoms with E-state index < -0.39 is 8.77 Å². The molecule has 3 N–H and O–H groups in total. The van der Waals surface area contributed by atoms with E-state index in [2.05, 4.69) is 11.2 Å². The molecule has 12 heavy (non-hydrogen) atoms. The highest BCUT2D eigenvalue weighted by Gasteiger charge is 2.09. The van der Waals surface area contributed by atoms with E-state index in [4.69, 9.17) is 10.3 Å². The van der Waals surface area contributed by atoms with E-state index in [-0.39, 0.29) is 10.6 Å². The van der Waals surface area contributed by atoms with Crippen LogP contribution in [-0.4, -0.2) is 8.76 Å². The van der Waals surface area contributed by atoms with Gasteiger partial charge in [0.1, 0.15) is 0 Å². The second-order valence-electron chi connectivity index (χ2n) is 2.52. The predicted molar refractivity (Wildman–Crippen MR) is 52.0 cm³/mol. The quantitative estimate of drug-likeness (QED) is 0.672. The van der Waals surface area contributed by atoms with Gasteiger partial charge in [-0.25, -0.2) is 4.21 Å². The fraction of sp³-hybridized carbons (Fsp3) is 0.143. The average Bonchev–Trinajstić information content (AvgIpc) is 1.92. The predicted octanol–water partition coefficient (Wildman–Crippen LogP) is 1.16. The van der Waals surface area contributed by atoms with Crippen LogP contribution in [0.5, 0.6) is 0 Å². The fourth-order valence-electron chi connectivity index (χ4n) is 0.865. The Morgan fingerprint density at radius 3 is 2.58 bits per heavy atom. The van der Waals surface area contributed by atoms with Crippen LogP contribution in [-0.2, 0) is 20.0 Å². The Hall–Kier alpha value is -0.650. The van der Waals surface area contributed by atoms with Gasteiger partial charge < -0.3 is 10.3 Å². The number of hydrogen-bond acceptors (Lipinski definition) is 3. The number of nitrogens with two attached hydrogens (primary N) is 1. The summed E-state index contributed by atoms with van der Waals surface area (Å²) in [7, 11) is -3.35. The van der Waals surface area contributed by atoms with Crippen molar-refractivity contribution in [2.24, 2.45) is 0 Å². The lowest BCUT2D eigenvalue weighted by atomic mass is 10.2. The second kappa shape index (κ2) is 3.01. The van der Waals surface area contributed by atoms with Gasteiger partial charge in [-0.1, -0.05) is 6.07 Å². The van der Waals surface area contributed by atoms with E-state index in [1.54, 1.807) is 12.1 Å². The average molecular weight is 203 g/mol. The Bertz CT molecular complexity index is 398. The van der Waals surface area contributed by atoms with Gasteiger partial charge in [-0.2, -0.15) is 0 Å². The van der Waals surface area contributed by atoms with E-state index in [1.807, 2.05) is 6.92 Å². The van der Waals surface area contributed by atoms with Gasteiger partial charge >= 0.3 is 0 Å². The minimum Gasteiger partial charge on any atom is -0.398 e. The molecule has 0 aliphatic rings. The molecule has 0 spiro atoms. The molecule has 0 aromatic heterocycles. The maximum absolute atomic E-state index is 11.1. The molecule has 1 aromatic carbocycles. The van der Waals surface area contributed by atoms with Crippen LogP contribution in [0.15, 0.2) is 23.1 Å². The van der Waals surface area contributed by atoms with Crippen molar-refractivity contribution in [1.29, 1.82) is 0 Å². The lowest BCUT2D eigenvalue weighted by molar-refractivity contribution is 0.562. The minimum atomic E-state index is -3.35.